The number of benzene rings is 2. The Morgan fingerprint density at radius 1 is 1.26 bits per heavy atom. The number of carbonyl (C=O) groups excluding carboxylic acids is 1. The van der Waals surface area contributed by atoms with E-state index in [4.69, 9.17) is 16.3 Å². The van der Waals surface area contributed by atoms with Crippen LogP contribution in [0.4, 0.5) is 5.69 Å². The minimum Gasteiger partial charge on any atom is -0.495 e. The Balaban J connectivity index is 2.11. The number of nitrogens with one attached hydrogen (secondary N) is 1. The summed E-state index contributed by atoms with van der Waals surface area (Å²) in [6.45, 7) is 5.82. The van der Waals surface area contributed by atoms with Gasteiger partial charge in [0.05, 0.1) is 18.0 Å². The van der Waals surface area contributed by atoms with Gasteiger partial charge in [-0.3, -0.25) is 4.79 Å². The zero-order chi connectivity index (χ0) is 17.0. The monoisotopic (exact) mass is 349 g/mol. The largest absolute Gasteiger partial charge is 0.495 e. The fourth-order valence-electron chi connectivity index (χ4n) is 2.11. The van der Waals surface area contributed by atoms with Crippen molar-refractivity contribution in [2.45, 2.75) is 30.9 Å². The first-order chi connectivity index (χ1) is 10.9. The lowest BCUT2D eigenvalue weighted by molar-refractivity contribution is -0.115. The third-order valence-electron chi connectivity index (χ3n) is 3.41. The van der Waals surface area contributed by atoms with Crippen LogP contribution < -0.4 is 10.1 Å². The predicted octanol–water partition coefficient (Wildman–Crippen LogP) is 5.08. The van der Waals surface area contributed by atoms with Crippen LogP contribution in [-0.2, 0) is 4.79 Å². The van der Waals surface area contributed by atoms with E-state index in [1.54, 1.807) is 13.2 Å². The Kier molecular flexibility index (Phi) is 5.97. The molecule has 0 aliphatic rings. The van der Waals surface area contributed by atoms with Crippen molar-refractivity contribution in [2.75, 3.05) is 12.4 Å². The topological polar surface area (TPSA) is 38.3 Å². The van der Waals surface area contributed by atoms with Gasteiger partial charge in [-0.1, -0.05) is 29.3 Å². The molecule has 1 N–H and O–H groups in total. The van der Waals surface area contributed by atoms with Crippen molar-refractivity contribution in [1.82, 2.24) is 0 Å². The summed E-state index contributed by atoms with van der Waals surface area (Å²) in [7, 11) is 1.56. The fraction of sp³-hybridized carbons (Fsp3) is 0.278. The Morgan fingerprint density at radius 2 is 2.00 bits per heavy atom. The van der Waals surface area contributed by atoms with Gasteiger partial charge in [0.1, 0.15) is 5.75 Å². The van der Waals surface area contributed by atoms with Crippen molar-refractivity contribution in [1.29, 1.82) is 0 Å². The van der Waals surface area contributed by atoms with Gasteiger partial charge in [-0.05, 0) is 44.5 Å². The number of hydrogen-bond acceptors (Lipinski definition) is 3. The first-order valence-corrected chi connectivity index (χ1v) is 8.55. The van der Waals surface area contributed by atoms with Crippen molar-refractivity contribution >= 4 is 35.0 Å². The second kappa shape index (κ2) is 7.75. The van der Waals surface area contributed by atoms with Crippen LogP contribution in [0.15, 0.2) is 41.3 Å². The van der Waals surface area contributed by atoms with Crippen molar-refractivity contribution < 1.29 is 9.53 Å². The smallest absolute Gasteiger partial charge is 0.237 e. The van der Waals surface area contributed by atoms with Crippen molar-refractivity contribution in [3.05, 3.63) is 52.5 Å². The quantitative estimate of drug-likeness (QED) is 0.764. The van der Waals surface area contributed by atoms with Crippen molar-refractivity contribution in [3.63, 3.8) is 0 Å². The lowest BCUT2D eigenvalue weighted by Crippen LogP contribution is -2.22. The number of anilines is 1. The molecule has 1 unspecified atom stereocenters. The van der Waals surface area contributed by atoms with E-state index in [-0.39, 0.29) is 11.2 Å². The molecule has 0 saturated heterocycles. The highest BCUT2D eigenvalue weighted by Crippen LogP contribution is 2.32. The number of rotatable bonds is 5. The maximum Gasteiger partial charge on any atom is 0.237 e. The minimum absolute atomic E-state index is 0.0727. The number of carbonyl (C=O) groups is 1. The van der Waals surface area contributed by atoms with Gasteiger partial charge in [0.15, 0.2) is 0 Å². The Labute approximate surface area is 146 Å². The van der Waals surface area contributed by atoms with Crippen LogP contribution in [0.3, 0.4) is 0 Å². The molecule has 0 spiro atoms. The Bertz CT molecular complexity index is 718. The van der Waals surface area contributed by atoms with E-state index in [1.807, 2.05) is 45.0 Å². The van der Waals surface area contributed by atoms with Gasteiger partial charge < -0.3 is 10.1 Å². The molecule has 0 aliphatic carbocycles. The maximum absolute atomic E-state index is 12.4. The van der Waals surface area contributed by atoms with E-state index in [1.165, 1.54) is 17.3 Å². The number of methoxy groups -OCH3 is 1. The molecule has 0 heterocycles. The highest BCUT2D eigenvalue weighted by molar-refractivity contribution is 8.00. The zero-order valence-electron chi connectivity index (χ0n) is 13.6. The molecular formula is C18H20ClNO2S. The second-order valence-electron chi connectivity index (χ2n) is 5.37. The molecule has 0 aliphatic heterocycles. The number of aryl methyl sites for hydroxylation is 2. The maximum atomic E-state index is 12.4. The fourth-order valence-corrected chi connectivity index (χ4v) is 3.25. The number of amides is 1. The highest BCUT2D eigenvalue weighted by Gasteiger charge is 2.17. The Morgan fingerprint density at radius 3 is 2.65 bits per heavy atom. The van der Waals surface area contributed by atoms with E-state index >= 15 is 0 Å². The normalized spacial score (nSPS) is 11.9. The summed E-state index contributed by atoms with van der Waals surface area (Å²) < 4.78 is 5.29. The molecule has 2 aromatic carbocycles. The van der Waals surface area contributed by atoms with Gasteiger partial charge in [0, 0.05) is 16.0 Å². The lowest BCUT2D eigenvalue weighted by Gasteiger charge is -2.15. The van der Waals surface area contributed by atoms with E-state index < -0.39 is 0 Å². The SMILES string of the molecule is COc1cc(Cl)c(C)cc1NC(=O)C(C)Sc1cccc(C)c1. The van der Waals surface area contributed by atoms with Gasteiger partial charge >= 0.3 is 0 Å². The van der Waals surface area contributed by atoms with E-state index in [9.17, 15) is 4.79 Å². The number of halogens is 1. The molecule has 0 saturated carbocycles. The number of thioether (sulfide) groups is 1. The summed E-state index contributed by atoms with van der Waals surface area (Å²) in [6, 6.07) is 11.6. The molecule has 23 heavy (non-hydrogen) atoms. The van der Waals surface area contributed by atoms with Crippen LogP contribution in [0.1, 0.15) is 18.1 Å². The van der Waals surface area contributed by atoms with Crippen LogP contribution in [-0.4, -0.2) is 18.3 Å². The van der Waals surface area contributed by atoms with Crippen LogP contribution in [0.5, 0.6) is 5.75 Å². The van der Waals surface area contributed by atoms with E-state index in [2.05, 4.69) is 11.4 Å². The van der Waals surface area contributed by atoms with Crippen LogP contribution in [0.2, 0.25) is 5.02 Å². The van der Waals surface area contributed by atoms with Crippen LogP contribution in [0, 0.1) is 13.8 Å². The molecule has 1 amide bonds. The van der Waals surface area contributed by atoms with Gasteiger partial charge in [-0.25, -0.2) is 0 Å². The molecule has 0 radical (unpaired) electrons. The van der Waals surface area contributed by atoms with Gasteiger partial charge in [-0.15, -0.1) is 11.8 Å². The zero-order valence-corrected chi connectivity index (χ0v) is 15.2. The van der Waals surface area contributed by atoms with Crippen LogP contribution in [0.25, 0.3) is 0 Å². The molecule has 0 fully saturated rings. The molecule has 3 nitrogen and oxygen atoms in total. The second-order valence-corrected chi connectivity index (χ2v) is 7.19. The van der Waals surface area contributed by atoms with Gasteiger partial charge in [-0.2, -0.15) is 0 Å². The molecule has 122 valence electrons. The van der Waals surface area contributed by atoms with Gasteiger partial charge in [0.25, 0.3) is 0 Å². The number of ether oxygens (including phenoxy) is 1. The average molecular weight is 350 g/mol. The molecule has 2 aromatic rings. The third-order valence-corrected chi connectivity index (χ3v) is 4.91. The Hall–Kier alpha value is -1.65. The van der Waals surface area contributed by atoms with Crippen LogP contribution >= 0.6 is 23.4 Å². The van der Waals surface area contributed by atoms with Gasteiger partial charge in [0.2, 0.25) is 5.91 Å². The highest BCUT2D eigenvalue weighted by atomic mass is 35.5. The first-order valence-electron chi connectivity index (χ1n) is 7.29. The standard InChI is InChI=1S/C18H20ClNO2S/c1-11-6-5-7-14(8-11)23-13(3)18(21)20-16-9-12(2)15(19)10-17(16)22-4/h5-10,13H,1-4H3,(H,20,21). The summed E-state index contributed by atoms with van der Waals surface area (Å²) in [5.41, 5.74) is 2.70. The molecule has 0 aromatic heterocycles. The molecule has 2 rings (SSSR count). The number of hydrogen-bond donors (Lipinski definition) is 1. The van der Waals surface area contributed by atoms with Crippen molar-refractivity contribution in [3.8, 4) is 5.75 Å². The van der Waals surface area contributed by atoms with E-state index in [0.29, 0.717) is 16.5 Å². The lowest BCUT2D eigenvalue weighted by atomic mass is 10.2. The summed E-state index contributed by atoms with van der Waals surface area (Å²) in [5.74, 6) is 0.484. The summed E-state index contributed by atoms with van der Waals surface area (Å²) >= 11 is 7.62. The van der Waals surface area contributed by atoms with E-state index in [0.717, 1.165) is 10.5 Å². The summed E-state index contributed by atoms with van der Waals surface area (Å²) in [4.78, 5) is 13.5. The summed E-state index contributed by atoms with van der Waals surface area (Å²) in [6.07, 6.45) is 0. The third kappa shape index (κ3) is 4.66. The molecule has 0 bridgehead atoms. The molecule has 1 atom stereocenters. The first kappa shape index (κ1) is 17.7. The summed E-state index contributed by atoms with van der Waals surface area (Å²) in [5, 5.41) is 3.31. The predicted molar refractivity (Wildman–Crippen MR) is 97.9 cm³/mol. The average Bonchev–Trinajstić information content (AvgIpc) is 2.50. The molecular weight excluding hydrogens is 330 g/mol. The minimum atomic E-state index is -0.225. The van der Waals surface area contributed by atoms with Crippen molar-refractivity contribution in [2.24, 2.45) is 0 Å². The molecule has 5 heteroatoms.